The van der Waals surface area contributed by atoms with Crippen molar-refractivity contribution in [3.05, 3.63) is 24.0 Å². The van der Waals surface area contributed by atoms with E-state index in [1.165, 1.54) is 18.2 Å². The van der Waals surface area contributed by atoms with E-state index in [0.29, 0.717) is 25.5 Å². The first-order chi connectivity index (χ1) is 9.49. The van der Waals surface area contributed by atoms with Gasteiger partial charge in [0, 0.05) is 5.69 Å². The summed E-state index contributed by atoms with van der Waals surface area (Å²) < 4.78 is 23.5. The summed E-state index contributed by atoms with van der Waals surface area (Å²) in [4.78, 5) is 11.6. The maximum absolute atomic E-state index is 12.9. The van der Waals surface area contributed by atoms with Gasteiger partial charge in [-0.3, -0.25) is 4.79 Å². The Labute approximate surface area is 118 Å². The van der Waals surface area contributed by atoms with Gasteiger partial charge in [0.05, 0.1) is 38.0 Å². The highest BCUT2D eigenvalue weighted by molar-refractivity contribution is 5.91. The highest BCUT2D eigenvalue weighted by Crippen LogP contribution is 2.16. The van der Waals surface area contributed by atoms with Crippen molar-refractivity contribution in [2.45, 2.75) is 26.4 Å². The summed E-state index contributed by atoms with van der Waals surface area (Å²) in [7, 11) is 0. The molecule has 0 aliphatic rings. The standard InChI is InChI=1S/C14H21FN2O3/c1-10(2)20-8-7-19-6-5-14(18)17-11-3-4-12(15)13(16)9-11/h3-4,9-10H,5-8,16H2,1-2H3,(H,17,18). The number of anilines is 2. The van der Waals surface area contributed by atoms with Gasteiger partial charge in [-0.25, -0.2) is 4.39 Å². The second-order valence-corrected chi connectivity index (χ2v) is 4.57. The molecule has 0 heterocycles. The molecule has 1 rings (SSSR count). The molecule has 0 saturated carbocycles. The number of rotatable bonds is 8. The number of hydrogen-bond acceptors (Lipinski definition) is 4. The molecule has 0 aliphatic heterocycles. The lowest BCUT2D eigenvalue weighted by molar-refractivity contribution is -0.117. The smallest absolute Gasteiger partial charge is 0.226 e. The zero-order valence-corrected chi connectivity index (χ0v) is 11.8. The van der Waals surface area contributed by atoms with Crippen LogP contribution in [0.15, 0.2) is 18.2 Å². The van der Waals surface area contributed by atoms with Crippen LogP contribution in [0.2, 0.25) is 0 Å². The predicted octanol–water partition coefficient (Wildman–Crippen LogP) is 2.18. The highest BCUT2D eigenvalue weighted by atomic mass is 19.1. The van der Waals surface area contributed by atoms with Crippen LogP contribution in [0.25, 0.3) is 0 Å². The van der Waals surface area contributed by atoms with Crippen LogP contribution < -0.4 is 11.1 Å². The maximum atomic E-state index is 12.9. The first-order valence-corrected chi connectivity index (χ1v) is 6.53. The van der Waals surface area contributed by atoms with Crippen molar-refractivity contribution < 1.29 is 18.7 Å². The van der Waals surface area contributed by atoms with Crippen molar-refractivity contribution in [2.24, 2.45) is 0 Å². The normalized spacial score (nSPS) is 10.8. The zero-order valence-electron chi connectivity index (χ0n) is 11.8. The molecule has 0 saturated heterocycles. The van der Waals surface area contributed by atoms with Gasteiger partial charge in [0.2, 0.25) is 5.91 Å². The number of hydrogen-bond donors (Lipinski definition) is 2. The minimum atomic E-state index is -0.503. The molecule has 112 valence electrons. The lowest BCUT2D eigenvalue weighted by Gasteiger charge is -2.09. The molecule has 0 unspecified atom stereocenters. The fourth-order valence-corrected chi connectivity index (χ4v) is 1.45. The van der Waals surface area contributed by atoms with Gasteiger partial charge < -0.3 is 20.5 Å². The summed E-state index contributed by atoms with van der Waals surface area (Å²) in [5.74, 6) is -0.711. The predicted molar refractivity (Wildman–Crippen MR) is 76.0 cm³/mol. The second-order valence-electron chi connectivity index (χ2n) is 4.57. The molecule has 20 heavy (non-hydrogen) atoms. The van der Waals surface area contributed by atoms with E-state index in [-0.39, 0.29) is 24.1 Å². The fraction of sp³-hybridized carbons (Fsp3) is 0.500. The molecule has 1 aromatic rings. The first-order valence-electron chi connectivity index (χ1n) is 6.53. The Kier molecular flexibility index (Phi) is 6.97. The van der Waals surface area contributed by atoms with Gasteiger partial charge in [-0.2, -0.15) is 0 Å². The van der Waals surface area contributed by atoms with Crippen LogP contribution in [0.1, 0.15) is 20.3 Å². The topological polar surface area (TPSA) is 73.6 Å². The van der Waals surface area contributed by atoms with Crippen molar-refractivity contribution >= 4 is 17.3 Å². The Morgan fingerprint density at radius 2 is 2.10 bits per heavy atom. The third kappa shape index (κ3) is 6.49. The largest absolute Gasteiger partial charge is 0.396 e. The SMILES string of the molecule is CC(C)OCCOCCC(=O)Nc1ccc(F)c(N)c1. The van der Waals surface area contributed by atoms with Crippen LogP contribution in [0.3, 0.4) is 0 Å². The van der Waals surface area contributed by atoms with Gasteiger partial charge in [-0.15, -0.1) is 0 Å². The minimum Gasteiger partial charge on any atom is -0.396 e. The number of benzene rings is 1. The summed E-state index contributed by atoms with van der Waals surface area (Å²) in [6.45, 7) is 5.16. The van der Waals surface area contributed by atoms with Gasteiger partial charge in [0.1, 0.15) is 5.82 Å². The molecule has 1 amide bonds. The summed E-state index contributed by atoms with van der Waals surface area (Å²) >= 11 is 0. The molecule has 0 atom stereocenters. The van der Waals surface area contributed by atoms with Crippen LogP contribution in [0.5, 0.6) is 0 Å². The average Bonchev–Trinajstić information content (AvgIpc) is 2.38. The van der Waals surface area contributed by atoms with E-state index in [2.05, 4.69) is 5.32 Å². The van der Waals surface area contributed by atoms with E-state index in [1.54, 1.807) is 0 Å². The summed E-state index contributed by atoms with van der Waals surface area (Å²) in [6.07, 6.45) is 0.393. The van der Waals surface area contributed by atoms with Crippen molar-refractivity contribution in [3.8, 4) is 0 Å². The number of carbonyl (C=O) groups is 1. The molecule has 0 aromatic heterocycles. The van der Waals surface area contributed by atoms with Gasteiger partial charge in [-0.05, 0) is 32.0 Å². The molecule has 0 fully saturated rings. The Morgan fingerprint density at radius 3 is 2.75 bits per heavy atom. The monoisotopic (exact) mass is 284 g/mol. The Balaban J connectivity index is 2.18. The van der Waals surface area contributed by atoms with E-state index in [9.17, 15) is 9.18 Å². The minimum absolute atomic E-state index is 0.00452. The molecule has 1 aromatic carbocycles. The van der Waals surface area contributed by atoms with Gasteiger partial charge in [0.25, 0.3) is 0 Å². The summed E-state index contributed by atoms with van der Waals surface area (Å²) in [5.41, 5.74) is 5.88. The molecule has 3 N–H and O–H groups in total. The molecule has 0 spiro atoms. The van der Waals surface area contributed by atoms with Crippen LogP contribution in [0.4, 0.5) is 15.8 Å². The Hall–Kier alpha value is -1.66. The third-order valence-corrected chi connectivity index (χ3v) is 2.43. The summed E-state index contributed by atoms with van der Waals surface area (Å²) in [5, 5.41) is 2.62. The second kappa shape index (κ2) is 8.50. The molecule has 0 bridgehead atoms. The highest BCUT2D eigenvalue weighted by Gasteiger charge is 2.05. The number of halogens is 1. The first kappa shape index (κ1) is 16.4. The van der Waals surface area contributed by atoms with Crippen molar-refractivity contribution in [1.29, 1.82) is 0 Å². The Bertz CT molecular complexity index is 438. The molecule has 0 radical (unpaired) electrons. The van der Waals surface area contributed by atoms with E-state index in [1.807, 2.05) is 13.8 Å². The fourth-order valence-electron chi connectivity index (χ4n) is 1.45. The van der Waals surface area contributed by atoms with Gasteiger partial charge in [-0.1, -0.05) is 0 Å². The zero-order chi connectivity index (χ0) is 15.0. The number of amides is 1. The lowest BCUT2D eigenvalue weighted by atomic mass is 10.2. The average molecular weight is 284 g/mol. The van der Waals surface area contributed by atoms with E-state index in [0.717, 1.165) is 0 Å². The van der Waals surface area contributed by atoms with Crippen LogP contribution in [-0.2, 0) is 14.3 Å². The van der Waals surface area contributed by atoms with Crippen LogP contribution in [0, 0.1) is 5.82 Å². The van der Waals surface area contributed by atoms with Gasteiger partial charge >= 0.3 is 0 Å². The van der Waals surface area contributed by atoms with Crippen molar-refractivity contribution in [2.75, 3.05) is 30.9 Å². The molecule has 5 nitrogen and oxygen atoms in total. The Morgan fingerprint density at radius 1 is 1.35 bits per heavy atom. The lowest BCUT2D eigenvalue weighted by Crippen LogP contribution is -2.16. The number of ether oxygens (including phenoxy) is 2. The third-order valence-electron chi connectivity index (χ3n) is 2.43. The summed E-state index contributed by atoms with van der Waals surface area (Å²) in [6, 6.07) is 4.05. The number of carbonyl (C=O) groups excluding carboxylic acids is 1. The maximum Gasteiger partial charge on any atom is 0.226 e. The molecule has 6 heteroatoms. The number of nitrogen functional groups attached to an aromatic ring is 1. The van der Waals surface area contributed by atoms with E-state index < -0.39 is 5.82 Å². The number of nitrogens with two attached hydrogens (primary N) is 1. The molecular weight excluding hydrogens is 263 g/mol. The van der Waals surface area contributed by atoms with E-state index in [4.69, 9.17) is 15.2 Å². The van der Waals surface area contributed by atoms with E-state index >= 15 is 0 Å². The van der Waals surface area contributed by atoms with Crippen molar-refractivity contribution in [3.63, 3.8) is 0 Å². The van der Waals surface area contributed by atoms with Gasteiger partial charge in [0.15, 0.2) is 0 Å². The number of nitrogens with one attached hydrogen (secondary N) is 1. The molecule has 0 aliphatic carbocycles. The van der Waals surface area contributed by atoms with Crippen LogP contribution in [-0.4, -0.2) is 31.8 Å². The molecular formula is C14H21FN2O3. The van der Waals surface area contributed by atoms with Crippen molar-refractivity contribution in [1.82, 2.24) is 0 Å². The quantitative estimate of drug-likeness (QED) is 0.567. The van der Waals surface area contributed by atoms with Crippen LogP contribution >= 0.6 is 0 Å².